The van der Waals surface area contributed by atoms with E-state index in [9.17, 15) is 4.79 Å². The number of carbonyl (C=O) groups excluding carboxylic acids is 1. The van der Waals surface area contributed by atoms with E-state index in [2.05, 4.69) is 29.8 Å². The molecule has 0 heterocycles. The highest BCUT2D eigenvalue weighted by Gasteiger charge is 2.00. The van der Waals surface area contributed by atoms with Crippen LogP contribution in [0.4, 0.5) is 10.5 Å². The maximum atomic E-state index is 11.5. The molecular weight excluding hydrogens is 226 g/mol. The van der Waals surface area contributed by atoms with E-state index >= 15 is 0 Å². The highest BCUT2D eigenvalue weighted by atomic mass is 16.2. The Labute approximate surface area is 109 Å². The van der Waals surface area contributed by atoms with Crippen LogP contribution in [-0.4, -0.2) is 25.2 Å². The number of para-hydroxylation sites is 1. The van der Waals surface area contributed by atoms with E-state index in [0.717, 1.165) is 25.1 Å². The average molecular weight is 249 g/mol. The molecule has 1 aromatic carbocycles. The minimum absolute atomic E-state index is 0.148. The summed E-state index contributed by atoms with van der Waals surface area (Å²) in [5.74, 6) is 0. The molecule has 0 aliphatic heterocycles. The first-order valence-corrected chi connectivity index (χ1v) is 6.55. The van der Waals surface area contributed by atoms with E-state index in [1.165, 1.54) is 0 Å². The third-order valence-electron chi connectivity index (χ3n) is 2.78. The lowest BCUT2D eigenvalue weighted by Crippen LogP contribution is -2.32. The van der Waals surface area contributed by atoms with E-state index in [4.69, 9.17) is 0 Å². The number of nitrogens with one attached hydrogen (secondary N) is 3. The average Bonchev–Trinajstić information content (AvgIpc) is 2.39. The van der Waals surface area contributed by atoms with Crippen LogP contribution in [-0.2, 0) is 0 Å². The summed E-state index contributed by atoms with van der Waals surface area (Å²) in [5.41, 5.74) is 0.813. The summed E-state index contributed by atoms with van der Waals surface area (Å²) in [6.07, 6.45) is 2.06. The maximum absolute atomic E-state index is 11.5. The molecule has 1 aromatic rings. The zero-order chi connectivity index (χ0) is 13.2. The van der Waals surface area contributed by atoms with Crippen molar-refractivity contribution >= 4 is 11.7 Å². The fourth-order valence-corrected chi connectivity index (χ4v) is 1.48. The molecule has 0 radical (unpaired) electrons. The van der Waals surface area contributed by atoms with Crippen LogP contribution in [0.25, 0.3) is 0 Å². The summed E-state index contributed by atoms with van der Waals surface area (Å²) in [6, 6.07) is 9.84. The lowest BCUT2D eigenvalue weighted by atomic mass is 10.2. The molecule has 0 saturated heterocycles. The van der Waals surface area contributed by atoms with Gasteiger partial charge in [-0.05, 0) is 38.4 Å². The van der Waals surface area contributed by atoms with Crippen molar-refractivity contribution in [2.45, 2.75) is 32.7 Å². The molecule has 0 aliphatic rings. The number of urea groups is 1. The van der Waals surface area contributed by atoms with Crippen molar-refractivity contribution in [2.24, 2.45) is 0 Å². The highest BCUT2D eigenvalue weighted by molar-refractivity contribution is 5.89. The first kappa shape index (κ1) is 14.5. The molecule has 1 rings (SSSR count). The van der Waals surface area contributed by atoms with E-state index < -0.39 is 0 Å². The number of rotatable bonds is 7. The van der Waals surface area contributed by atoms with E-state index in [1.807, 2.05) is 30.3 Å². The van der Waals surface area contributed by atoms with Gasteiger partial charge in [0.1, 0.15) is 0 Å². The minimum atomic E-state index is -0.148. The summed E-state index contributed by atoms with van der Waals surface area (Å²) >= 11 is 0. The van der Waals surface area contributed by atoms with Crippen LogP contribution in [0.3, 0.4) is 0 Å². The van der Waals surface area contributed by atoms with Crippen molar-refractivity contribution < 1.29 is 4.79 Å². The molecule has 3 N–H and O–H groups in total. The Morgan fingerprint density at radius 1 is 1.22 bits per heavy atom. The second-order valence-electron chi connectivity index (χ2n) is 4.36. The summed E-state index contributed by atoms with van der Waals surface area (Å²) in [6.45, 7) is 5.93. The van der Waals surface area contributed by atoms with Gasteiger partial charge in [-0.2, -0.15) is 0 Å². The quantitative estimate of drug-likeness (QED) is 0.651. The number of anilines is 1. The molecule has 0 aromatic heterocycles. The van der Waals surface area contributed by atoms with Gasteiger partial charge in [-0.1, -0.05) is 25.1 Å². The lowest BCUT2D eigenvalue weighted by Gasteiger charge is -2.11. The Morgan fingerprint density at radius 3 is 2.61 bits per heavy atom. The molecule has 4 heteroatoms. The van der Waals surface area contributed by atoms with Crippen LogP contribution in [0.5, 0.6) is 0 Å². The van der Waals surface area contributed by atoms with Crippen molar-refractivity contribution in [3.63, 3.8) is 0 Å². The second kappa shape index (κ2) is 8.53. The second-order valence-corrected chi connectivity index (χ2v) is 4.36. The molecule has 100 valence electrons. The predicted molar refractivity (Wildman–Crippen MR) is 75.8 cm³/mol. The van der Waals surface area contributed by atoms with Gasteiger partial charge in [0, 0.05) is 18.3 Å². The molecule has 18 heavy (non-hydrogen) atoms. The molecular formula is C14H23N3O. The summed E-state index contributed by atoms with van der Waals surface area (Å²) in [4.78, 5) is 11.5. The van der Waals surface area contributed by atoms with Crippen molar-refractivity contribution in [1.29, 1.82) is 0 Å². The zero-order valence-corrected chi connectivity index (χ0v) is 11.2. The number of amides is 2. The molecule has 0 aliphatic carbocycles. The van der Waals surface area contributed by atoms with Gasteiger partial charge in [0.15, 0.2) is 0 Å². The fraction of sp³-hybridized carbons (Fsp3) is 0.500. The van der Waals surface area contributed by atoms with Gasteiger partial charge in [-0.15, -0.1) is 0 Å². The molecule has 2 amide bonds. The molecule has 0 bridgehead atoms. The smallest absolute Gasteiger partial charge is 0.319 e. The summed E-state index contributed by atoms with van der Waals surface area (Å²) < 4.78 is 0. The molecule has 0 spiro atoms. The zero-order valence-electron chi connectivity index (χ0n) is 11.2. The first-order chi connectivity index (χ1) is 8.72. The summed E-state index contributed by atoms with van der Waals surface area (Å²) in [5, 5.41) is 9.00. The Kier molecular flexibility index (Phi) is 6.87. The lowest BCUT2D eigenvalue weighted by molar-refractivity contribution is 0.252. The minimum Gasteiger partial charge on any atom is -0.338 e. The third kappa shape index (κ3) is 6.25. The molecule has 0 fully saturated rings. The number of carbonyl (C=O) groups is 1. The third-order valence-corrected chi connectivity index (χ3v) is 2.78. The summed E-state index contributed by atoms with van der Waals surface area (Å²) in [7, 11) is 0. The van der Waals surface area contributed by atoms with Gasteiger partial charge in [-0.25, -0.2) is 4.79 Å². The van der Waals surface area contributed by atoms with Crippen LogP contribution in [0, 0.1) is 0 Å². The van der Waals surface area contributed by atoms with Gasteiger partial charge in [-0.3, -0.25) is 0 Å². The van der Waals surface area contributed by atoms with E-state index in [0.29, 0.717) is 12.6 Å². The van der Waals surface area contributed by atoms with Crippen molar-refractivity contribution in [1.82, 2.24) is 10.6 Å². The van der Waals surface area contributed by atoms with E-state index in [1.54, 1.807) is 0 Å². The van der Waals surface area contributed by atoms with Gasteiger partial charge in [0.2, 0.25) is 0 Å². The van der Waals surface area contributed by atoms with Gasteiger partial charge in [0.05, 0.1) is 0 Å². The number of hydrogen-bond donors (Lipinski definition) is 3. The van der Waals surface area contributed by atoms with Crippen LogP contribution in [0.1, 0.15) is 26.7 Å². The normalized spacial score (nSPS) is 11.9. The first-order valence-electron chi connectivity index (χ1n) is 6.55. The Bertz CT molecular complexity index is 340. The fourth-order valence-electron chi connectivity index (χ4n) is 1.48. The van der Waals surface area contributed by atoms with Crippen LogP contribution < -0.4 is 16.0 Å². The Morgan fingerprint density at radius 2 is 1.94 bits per heavy atom. The largest absolute Gasteiger partial charge is 0.338 e. The van der Waals surface area contributed by atoms with Gasteiger partial charge in [0.25, 0.3) is 0 Å². The number of hydrogen-bond acceptors (Lipinski definition) is 2. The molecule has 4 nitrogen and oxygen atoms in total. The predicted octanol–water partition coefficient (Wildman–Crippen LogP) is 2.59. The highest BCUT2D eigenvalue weighted by Crippen LogP contribution is 2.03. The maximum Gasteiger partial charge on any atom is 0.319 e. The van der Waals surface area contributed by atoms with Crippen molar-refractivity contribution in [3.05, 3.63) is 30.3 Å². The standard InChI is InChI=1S/C14H23N3O/c1-3-12(2)15-10-7-11-16-14(18)17-13-8-5-4-6-9-13/h4-6,8-9,12,15H,3,7,10-11H2,1-2H3,(H2,16,17,18). The topological polar surface area (TPSA) is 53.2 Å². The van der Waals surface area contributed by atoms with Crippen molar-refractivity contribution in [2.75, 3.05) is 18.4 Å². The number of benzene rings is 1. The van der Waals surface area contributed by atoms with Crippen LogP contribution in [0.2, 0.25) is 0 Å². The SMILES string of the molecule is CCC(C)NCCCNC(=O)Nc1ccccc1. The van der Waals surface area contributed by atoms with Crippen LogP contribution in [0.15, 0.2) is 30.3 Å². The van der Waals surface area contributed by atoms with E-state index in [-0.39, 0.29) is 6.03 Å². The molecule has 1 unspecified atom stereocenters. The molecule has 0 saturated carbocycles. The monoisotopic (exact) mass is 249 g/mol. The van der Waals surface area contributed by atoms with Crippen molar-refractivity contribution in [3.8, 4) is 0 Å². The Balaban J connectivity index is 2.07. The molecule has 1 atom stereocenters. The van der Waals surface area contributed by atoms with Gasteiger partial charge >= 0.3 is 6.03 Å². The van der Waals surface area contributed by atoms with Gasteiger partial charge < -0.3 is 16.0 Å². The van der Waals surface area contributed by atoms with Crippen LogP contribution >= 0.6 is 0 Å². The Hall–Kier alpha value is -1.55.